The highest BCUT2D eigenvalue weighted by Gasteiger charge is 2.32. The van der Waals surface area contributed by atoms with Crippen molar-refractivity contribution in [3.05, 3.63) is 99.5 Å². The number of hydrogen-bond donors (Lipinski definition) is 1. The lowest BCUT2D eigenvalue weighted by Gasteiger charge is -2.33. The molecule has 0 spiro atoms. The van der Waals surface area contributed by atoms with Crippen molar-refractivity contribution < 1.29 is 18.0 Å². The van der Waals surface area contributed by atoms with E-state index in [1.807, 2.05) is 86.6 Å². The fourth-order valence-electron chi connectivity index (χ4n) is 5.72. The van der Waals surface area contributed by atoms with E-state index in [9.17, 15) is 18.0 Å². The zero-order valence-corrected chi connectivity index (χ0v) is 27.7. The lowest BCUT2D eigenvalue weighted by atomic mass is 10.0. The van der Waals surface area contributed by atoms with Crippen LogP contribution in [-0.2, 0) is 32.6 Å². The number of benzene rings is 3. The average molecular weight is 669 g/mol. The van der Waals surface area contributed by atoms with E-state index in [2.05, 4.69) is 21.2 Å². The van der Waals surface area contributed by atoms with Gasteiger partial charge in [0.05, 0.1) is 11.9 Å². The molecule has 0 bridgehead atoms. The minimum atomic E-state index is -3.57. The molecule has 3 aromatic rings. The highest BCUT2D eigenvalue weighted by Crippen LogP contribution is 2.25. The van der Waals surface area contributed by atoms with E-state index >= 15 is 0 Å². The van der Waals surface area contributed by atoms with Crippen molar-refractivity contribution in [2.45, 2.75) is 77.4 Å². The molecule has 0 saturated heterocycles. The molecule has 0 aromatic heterocycles. The highest BCUT2D eigenvalue weighted by molar-refractivity contribution is 9.10. The van der Waals surface area contributed by atoms with Gasteiger partial charge in [0.15, 0.2) is 0 Å². The van der Waals surface area contributed by atoms with Gasteiger partial charge in [0.2, 0.25) is 21.8 Å². The predicted octanol–water partition coefficient (Wildman–Crippen LogP) is 6.31. The standard InChI is InChI=1S/C34H42BrN3O4S/c1-25-18-19-26(2)31(21-25)38(43(3,41)42)20-10-17-33(39)37(24-28-13-9-14-29(35)22-28)32(23-27-11-5-4-6-12-27)34(40)36-30-15-7-8-16-30/h4-6,9,11-14,18-19,21-22,30,32H,7-8,10,15-17,20,23-24H2,1-3H3,(H,36,40)/t32-/m1/s1. The monoisotopic (exact) mass is 667 g/mol. The number of nitrogens with one attached hydrogen (secondary N) is 1. The number of rotatable bonds is 13. The molecule has 0 aliphatic heterocycles. The molecule has 0 radical (unpaired) electrons. The number of hydrogen-bond acceptors (Lipinski definition) is 4. The first-order valence-electron chi connectivity index (χ1n) is 14.9. The molecule has 1 aliphatic carbocycles. The summed E-state index contributed by atoms with van der Waals surface area (Å²) >= 11 is 3.53. The van der Waals surface area contributed by atoms with E-state index in [4.69, 9.17) is 0 Å². The Labute approximate surface area is 264 Å². The Morgan fingerprint density at radius 1 is 0.953 bits per heavy atom. The molecule has 43 heavy (non-hydrogen) atoms. The van der Waals surface area contributed by atoms with Gasteiger partial charge in [0.1, 0.15) is 6.04 Å². The third-order valence-electron chi connectivity index (χ3n) is 8.00. The van der Waals surface area contributed by atoms with Crippen LogP contribution in [0.1, 0.15) is 60.8 Å². The summed E-state index contributed by atoms with van der Waals surface area (Å²) in [6, 6.07) is 22.7. The summed E-state index contributed by atoms with van der Waals surface area (Å²) in [6.45, 7) is 4.24. The number of halogens is 1. The van der Waals surface area contributed by atoms with Crippen molar-refractivity contribution in [3.8, 4) is 0 Å². The fourth-order valence-corrected chi connectivity index (χ4v) is 7.19. The lowest BCUT2D eigenvalue weighted by Crippen LogP contribution is -2.52. The first-order chi connectivity index (χ1) is 20.5. The molecular weight excluding hydrogens is 626 g/mol. The predicted molar refractivity (Wildman–Crippen MR) is 176 cm³/mol. The fraction of sp³-hybridized carbons (Fsp3) is 0.412. The van der Waals surface area contributed by atoms with Crippen molar-refractivity contribution in [3.63, 3.8) is 0 Å². The number of carbonyl (C=O) groups is 2. The minimum absolute atomic E-state index is 0.104. The van der Waals surface area contributed by atoms with Gasteiger partial charge in [-0.3, -0.25) is 13.9 Å². The Kier molecular flexibility index (Phi) is 11.4. The maximum absolute atomic E-state index is 14.1. The molecule has 4 rings (SSSR count). The van der Waals surface area contributed by atoms with Crippen LogP contribution in [0.5, 0.6) is 0 Å². The molecule has 1 saturated carbocycles. The van der Waals surface area contributed by atoms with Crippen LogP contribution in [0.25, 0.3) is 0 Å². The highest BCUT2D eigenvalue weighted by atomic mass is 79.9. The number of amides is 2. The number of aryl methyl sites for hydroxylation is 2. The van der Waals surface area contributed by atoms with Crippen LogP contribution in [0.2, 0.25) is 0 Å². The van der Waals surface area contributed by atoms with E-state index in [0.29, 0.717) is 18.5 Å². The quantitative estimate of drug-likeness (QED) is 0.231. The van der Waals surface area contributed by atoms with Crippen LogP contribution >= 0.6 is 15.9 Å². The number of carbonyl (C=O) groups excluding carboxylic acids is 2. The second-order valence-electron chi connectivity index (χ2n) is 11.6. The summed E-state index contributed by atoms with van der Waals surface area (Å²) < 4.78 is 27.9. The van der Waals surface area contributed by atoms with Gasteiger partial charge in [-0.1, -0.05) is 83.4 Å². The molecule has 9 heteroatoms. The van der Waals surface area contributed by atoms with E-state index in [1.54, 1.807) is 4.90 Å². The Balaban J connectivity index is 1.60. The zero-order chi connectivity index (χ0) is 31.0. The van der Waals surface area contributed by atoms with Crippen LogP contribution in [0.4, 0.5) is 5.69 Å². The van der Waals surface area contributed by atoms with Gasteiger partial charge in [-0.25, -0.2) is 8.42 Å². The van der Waals surface area contributed by atoms with Crippen LogP contribution in [0.15, 0.2) is 77.3 Å². The first kappa shape index (κ1) is 32.7. The maximum Gasteiger partial charge on any atom is 0.243 e. The summed E-state index contributed by atoms with van der Waals surface area (Å²) in [5.41, 5.74) is 4.31. The topological polar surface area (TPSA) is 86.8 Å². The molecule has 1 N–H and O–H groups in total. The van der Waals surface area contributed by atoms with Gasteiger partial charge >= 0.3 is 0 Å². The number of anilines is 1. The van der Waals surface area contributed by atoms with Gasteiger partial charge in [0, 0.05) is 36.4 Å². The molecular formula is C34H42BrN3O4S. The maximum atomic E-state index is 14.1. The molecule has 1 fully saturated rings. The van der Waals surface area contributed by atoms with E-state index in [1.165, 1.54) is 10.6 Å². The van der Waals surface area contributed by atoms with Crippen LogP contribution in [0.3, 0.4) is 0 Å². The van der Waals surface area contributed by atoms with E-state index < -0.39 is 16.1 Å². The molecule has 1 atom stereocenters. The number of sulfonamides is 1. The first-order valence-corrected chi connectivity index (χ1v) is 17.6. The zero-order valence-electron chi connectivity index (χ0n) is 25.3. The summed E-state index contributed by atoms with van der Waals surface area (Å²) in [7, 11) is -3.57. The van der Waals surface area contributed by atoms with Gasteiger partial charge in [-0.15, -0.1) is 0 Å². The third kappa shape index (κ3) is 9.41. The van der Waals surface area contributed by atoms with Crippen LogP contribution < -0.4 is 9.62 Å². The normalized spacial score (nSPS) is 14.3. The molecule has 0 heterocycles. The van der Waals surface area contributed by atoms with E-state index in [0.717, 1.165) is 52.4 Å². The summed E-state index contributed by atoms with van der Waals surface area (Å²) in [4.78, 5) is 29.6. The molecule has 0 unspecified atom stereocenters. The lowest BCUT2D eigenvalue weighted by molar-refractivity contribution is -0.141. The summed E-state index contributed by atoms with van der Waals surface area (Å²) in [6.07, 6.45) is 6.07. The Morgan fingerprint density at radius 3 is 2.33 bits per heavy atom. The smallest absolute Gasteiger partial charge is 0.243 e. The SMILES string of the molecule is Cc1ccc(C)c(N(CCCC(=O)N(Cc2cccc(Br)c2)[C@H](Cc2ccccc2)C(=O)NC2CCCC2)S(C)(=O)=O)c1. The Bertz CT molecular complexity index is 1510. The number of nitrogens with zero attached hydrogens (tertiary/aromatic N) is 2. The van der Waals surface area contributed by atoms with Crippen molar-refractivity contribution in [1.29, 1.82) is 0 Å². The Hall–Kier alpha value is -3.17. The summed E-state index contributed by atoms with van der Waals surface area (Å²) in [5.74, 6) is -0.329. The van der Waals surface area contributed by atoms with Crippen molar-refractivity contribution in [1.82, 2.24) is 10.2 Å². The second-order valence-corrected chi connectivity index (χ2v) is 14.4. The summed E-state index contributed by atoms with van der Waals surface area (Å²) in [5, 5.41) is 3.23. The van der Waals surface area contributed by atoms with Gasteiger partial charge < -0.3 is 10.2 Å². The molecule has 2 amide bonds. The molecule has 3 aromatic carbocycles. The second kappa shape index (κ2) is 15.0. The third-order valence-corrected chi connectivity index (χ3v) is 9.67. The minimum Gasteiger partial charge on any atom is -0.352 e. The largest absolute Gasteiger partial charge is 0.352 e. The van der Waals surface area contributed by atoms with Gasteiger partial charge in [-0.2, -0.15) is 0 Å². The van der Waals surface area contributed by atoms with Crippen molar-refractivity contribution >= 4 is 43.5 Å². The van der Waals surface area contributed by atoms with Crippen molar-refractivity contribution in [2.24, 2.45) is 0 Å². The Morgan fingerprint density at radius 2 is 1.65 bits per heavy atom. The van der Waals surface area contributed by atoms with Gasteiger partial charge in [-0.05, 0) is 73.6 Å². The molecule has 1 aliphatic rings. The van der Waals surface area contributed by atoms with Crippen LogP contribution in [0, 0.1) is 13.8 Å². The molecule has 7 nitrogen and oxygen atoms in total. The van der Waals surface area contributed by atoms with E-state index in [-0.39, 0.29) is 37.4 Å². The van der Waals surface area contributed by atoms with Gasteiger partial charge in [0.25, 0.3) is 0 Å². The van der Waals surface area contributed by atoms with Crippen LogP contribution in [-0.4, -0.2) is 50.0 Å². The average Bonchev–Trinajstić information content (AvgIpc) is 3.47. The molecule has 230 valence electrons. The van der Waals surface area contributed by atoms with Crippen molar-refractivity contribution in [2.75, 3.05) is 17.1 Å².